The summed E-state index contributed by atoms with van der Waals surface area (Å²) in [5, 5.41) is 0. The van der Waals surface area contributed by atoms with Crippen molar-refractivity contribution in [3.8, 4) is 5.75 Å². The minimum Gasteiger partial charge on any atom is -0.492 e. The van der Waals surface area contributed by atoms with Crippen LogP contribution in [-0.4, -0.2) is 11.6 Å². The summed E-state index contributed by atoms with van der Waals surface area (Å²) in [5.41, 5.74) is 7.83. The van der Waals surface area contributed by atoms with Crippen LogP contribution in [0.25, 0.3) is 0 Å². The van der Waals surface area contributed by atoms with Crippen LogP contribution in [0.3, 0.4) is 0 Å². The molecular weight excluding hydrogens is 236 g/mol. The van der Waals surface area contributed by atoms with Crippen LogP contribution in [-0.2, 0) is 5.54 Å². The van der Waals surface area contributed by atoms with Crippen LogP contribution in [0.15, 0.2) is 18.5 Å². The predicted molar refractivity (Wildman–Crippen MR) is 78.1 cm³/mol. The van der Waals surface area contributed by atoms with Gasteiger partial charge in [-0.1, -0.05) is 20.8 Å². The first-order valence-corrected chi connectivity index (χ1v) is 7.22. The normalized spacial score (nSPS) is 30.1. The van der Waals surface area contributed by atoms with Gasteiger partial charge in [0.05, 0.1) is 12.8 Å². The van der Waals surface area contributed by atoms with E-state index in [1.165, 1.54) is 6.42 Å². The Morgan fingerprint density at radius 3 is 2.74 bits per heavy atom. The summed E-state index contributed by atoms with van der Waals surface area (Å²) < 4.78 is 5.54. The summed E-state index contributed by atoms with van der Waals surface area (Å²) in [6, 6.07) is 2.06. The molecule has 2 N–H and O–H groups in total. The number of aromatic nitrogens is 1. The highest BCUT2D eigenvalue weighted by Crippen LogP contribution is 2.47. The Labute approximate surface area is 116 Å². The van der Waals surface area contributed by atoms with Gasteiger partial charge in [0, 0.05) is 11.7 Å². The van der Waals surface area contributed by atoms with Crippen LogP contribution in [0.2, 0.25) is 0 Å². The lowest BCUT2D eigenvalue weighted by atomic mass is 9.63. The molecule has 3 nitrogen and oxygen atoms in total. The van der Waals surface area contributed by atoms with Gasteiger partial charge in [0.1, 0.15) is 5.75 Å². The van der Waals surface area contributed by atoms with E-state index in [9.17, 15) is 0 Å². The lowest BCUT2D eigenvalue weighted by Gasteiger charge is -2.45. The van der Waals surface area contributed by atoms with Crippen LogP contribution in [0.1, 0.15) is 52.5 Å². The molecule has 0 spiro atoms. The minimum atomic E-state index is -0.277. The number of ether oxygens (including phenoxy) is 1. The van der Waals surface area contributed by atoms with Crippen molar-refractivity contribution in [3.05, 3.63) is 24.0 Å². The maximum Gasteiger partial charge on any atom is 0.137 e. The minimum absolute atomic E-state index is 0.277. The van der Waals surface area contributed by atoms with Gasteiger partial charge >= 0.3 is 0 Å². The maximum absolute atomic E-state index is 6.72. The standard InChI is InChI=1S/C16H26N2O/c1-5-19-14-6-13(9-18-10-14)16(17)8-12(2)7-15(3,4)11-16/h6,9-10,12H,5,7-8,11,17H2,1-4H3. The third-order valence-corrected chi connectivity index (χ3v) is 4.01. The molecule has 0 amide bonds. The Kier molecular flexibility index (Phi) is 3.86. The number of hydrogen-bond donors (Lipinski definition) is 1. The molecule has 2 atom stereocenters. The molecule has 0 saturated heterocycles. The number of rotatable bonds is 3. The molecule has 1 aromatic heterocycles. The number of hydrogen-bond acceptors (Lipinski definition) is 3. The molecule has 0 aromatic carbocycles. The quantitative estimate of drug-likeness (QED) is 0.907. The topological polar surface area (TPSA) is 48.1 Å². The van der Waals surface area contributed by atoms with Crippen LogP contribution in [0, 0.1) is 11.3 Å². The van der Waals surface area contributed by atoms with Crippen molar-refractivity contribution in [2.24, 2.45) is 17.1 Å². The summed E-state index contributed by atoms with van der Waals surface area (Å²) in [7, 11) is 0. The molecule has 0 radical (unpaired) electrons. The Bertz CT molecular complexity index is 444. The summed E-state index contributed by atoms with van der Waals surface area (Å²) in [6.07, 6.45) is 6.92. The van der Waals surface area contributed by atoms with Crippen molar-refractivity contribution < 1.29 is 4.74 Å². The SMILES string of the molecule is CCOc1cncc(C2(N)CC(C)CC(C)(C)C2)c1. The van der Waals surface area contributed by atoms with E-state index < -0.39 is 0 Å². The molecular formula is C16H26N2O. The first-order chi connectivity index (χ1) is 8.85. The van der Waals surface area contributed by atoms with E-state index in [1.807, 2.05) is 13.1 Å². The average Bonchev–Trinajstić information content (AvgIpc) is 2.26. The van der Waals surface area contributed by atoms with Crippen molar-refractivity contribution in [2.75, 3.05) is 6.61 Å². The van der Waals surface area contributed by atoms with Gasteiger partial charge in [-0.15, -0.1) is 0 Å². The van der Waals surface area contributed by atoms with Crippen molar-refractivity contribution in [1.82, 2.24) is 4.98 Å². The van der Waals surface area contributed by atoms with Gasteiger partial charge in [-0.3, -0.25) is 4.98 Å². The molecule has 106 valence electrons. The van der Waals surface area contributed by atoms with E-state index >= 15 is 0 Å². The largest absolute Gasteiger partial charge is 0.492 e. The fourth-order valence-corrected chi connectivity index (χ4v) is 3.79. The van der Waals surface area contributed by atoms with E-state index in [-0.39, 0.29) is 11.0 Å². The zero-order valence-electron chi connectivity index (χ0n) is 12.6. The number of nitrogens with zero attached hydrogens (tertiary/aromatic N) is 1. The fourth-order valence-electron chi connectivity index (χ4n) is 3.79. The molecule has 1 aliphatic carbocycles. The number of pyridine rings is 1. The van der Waals surface area contributed by atoms with E-state index in [1.54, 1.807) is 6.20 Å². The van der Waals surface area contributed by atoms with E-state index in [0.717, 1.165) is 24.2 Å². The second-order valence-corrected chi connectivity index (χ2v) is 6.85. The highest BCUT2D eigenvalue weighted by atomic mass is 16.5. The Morgan fingerprint density at radius 2 is 2.11 bits per heavy atom. The van der Waals surface area contributed by atoms with Gasteiger partial charge in [-0.05, 0) is 49.1 Å². The third-order valence-electron chi connectivity index (χ3n) is 4.01. The zero-order chi connectivity index (χ0) is 14.1. The van der Waals surface area contributed by atoms with Crippen LogP contribution >= 0.6 is 0 Å². The molecule has 1 saturated carbocycles. The van der Waals surface area contributed by atoms with Crippen LogP contribution in [0.5, 0.6) is 5.75 Å². The highest BCUT2D eigenvalue weighted by Gasteiger charge is 2.41. The molecule has 19 heavy (non-hydrogen) atoms. The molecule has 1 aromatic rings. The Morgan fingerprint density at radius 1 is 1.37 bits per heavy atom. The van der Waals surface area contributed by atoms with Gasteiger partial charge < -0.3 is 10.5 Å². The molecule has 2 rings (SSSR count). The summed E-state index contributed by atoms with van der Waals surface area (Å²) in [5.74, 6) is 1.46. The molecule has 1 aliphatic rings. The summed E-state index contributed by atoms with van der Waals surface area (Å²) in [4.78, 5) is 4.29. The van der Waals surface area contributed by atoms with Gasteiger partial charge in [0.15, 0.2) is 0 Å². The predicted octanol–water partition coefficient (Wildman–Crippen LogP) is 3.48. The third kappa shape index (κ3) is 3.27. The molecule has 3 heteroatoms. The lowest BCUT2D eigenvalue weighted by Crippen LogP contribution is -2.46. The van der Waals surface area contributed by atoms with Gasteiger partial charge in [0.2, 0.25) is 0 Å². The molecule has 0 bridgehead atoms. The fraction of sp³-hybridized carbons (Fsp3) is 0.688. The van der Waals surface area contributed by atoms with Crippen molar-refractivity contribution in [1.29, 1.82) is 0 Å². The van der Waals surface area contributed by atoms with Crippen LogP contribution < -0.4 is 10.5 Å². The summed E-state index contributed by atoms with van der Waals surface area (Å²) in [6.45, 7) is 9.55. The Hall–Kier alpha value is -1.09. The zero-order valence-corrected chi connectivity index (χ0v) is 12.6. The second-order valence-electron chi connectivity index (χ2n) is 6.85. The molecule has 1 heterocycles. The molecule has 2 unspecified atom stereocenters. The average molecular weight is 262 g/mol. The number of nitrogens with two attached hydrogens (primary N) is 1. The van der Waals surface area contributed by atoms with Crippen molar-refractivity contribution >= 4 is 0 Å². The summed E-state index contributed by atoms with van der Waals surface area (Å²) >= 11 is 0. The van der Waals surface area contributed by atoms with Gasteiger partial charge in [-0.2, -0.15) is 0 Å². The highest BCUT2D eigenvalue weighted by molar-refractivity contribution is 5.30. The van der Waals surface area contributed by atoms with E-state index in [2.05, 4.69) is 31.8 Å². The molecule has 0 aliphatic heterocycles. The van der Waals surface area contributed by atoms with E-state index in [0.29, 0.717) is 12.5 Å². The smallest absolute Gasteiger partial charge is 0.137 e. The van der Waals surface area contributed by atoms with Gasteiger partial charge in [0.25, 0.3) is 0 Å². The monoisotopic (exact) mass is 262 g/mol. The maximum atomic E-state index is 6.72. The van der Waals surface area contributed by atoms with Crippen LogP contribution in [0.4, 0.5) is 0 Å². The molecule has 1 fully saturated rings. The second kappa shape index (κ2) is 5.12. The van der Waals surface area contributed by atoms with Gasteiger partial charge in [-0.25, -0.2) is 0 Å². The van der Waals surface area contributed by atoms with E-state index in [4.69, 9.17) is 10.5 Å². The lowest BCUT2D eigenvalue weighted by molar-refractivity contribution is 0.107. The first-order valence-electron chi connectivity index (χ1n) is 7.22. The van der Waals surface area contributed by atoms with Crippen molar-refractivity contribution in [2.45, 2.75) is 52.5 Å². The Balaban J connectivity index is 2.30. The first kappa shape index (κ1) is 14.3. The van der Waals surface area contributed by atoms with Crippen molar-refractivity contribution in [3.63, 3.8) is 0 Å².